The molecule has 0 spiro atoms. The van der Waals surface area contributed by atoms with Gasteiger partial charge in [0.1, 0.15) is 0 Å². The molecule has 0 fully saturated rings. The van der Waals surface area contributed by atoms with Crippen LogP contribution in [-0.4, -0.2) is 15.8 Å². The maximum absolute atomic E-state index is 13.0. The second-order valence-electron chi connectivity index (χ2n) is 5.31. The van der Waals surface area contributed by atoms with Crippen LogP contribution in [0.5, 0.6) is 0 Å². The van der Waals surface area contributed by atoms with Gasteiger partial charge in [-0.25, -0.2) is 15.0 Å². The molecule has 5 nitrogen and oxygen atoms in total. The summed E-state index contributed by atoms with van der Waals surface area (Å²) in [6, 6.07) is 20.6. The number of hydrogen-bond acceptors (Lipinski definition) is 5. The largest absolute Gasteiger partial charge is 0.268 e. The van der Waals surface area contributed by atoms with Crippen molar-refractivity contribution in [1.29, 1.82) is 0 Å². The number of hydrazone groups is 1. The predicted octanol–water partition coefficient (Wildman–Crippen LogP) is 3.89. The van der Waals surface area contributed by atoms with Crippen molar-refractivity contribution in [2.24, 2.45) is 5.10 Å². The number of rotatable bonds is 4. The van der Waals surface area contributed by atoms with Gasteiger partial charge in [0.2, 0.25) is 5.95 Å². The van der Waals surface area contributed by atoms with Crippen molar-refractivity contribution in [2.45, 2.75) is 0 Å². The van der Waals surface area contributed by atoms with Crippen molar-refractivity contribution >= 4 is 34.4 Å². The van der Waals surface area contributed by atoms with E-state index in [4.69, 9.17) is 0 Å². The quantitative estimate of drug-likeness (QED) is 0.450. The molecule has 122 valence electrons. The summed E-state index contributed by atoms with van der Waals surface area (Å²) in [4.78, 5) is 18.6. The summed E-state index contributed by atoms with van der Waals surface area (Å²) in [6.07, 6.45) is 1.71. The van der Waals surface area contributed by atoms with Gasteiger partial charge in [-0.05, 0) is 35.7 Å². The normalized spacial score (nSPS) is 11.2. The number of nitrogens with zero attached hydrogens (tertiary/aromatic N) is 3. The van der Waals surface area contributed by atoms with Crippen LogP contribution in [0, 0.1) is 0 Å². The zero-order valence-electron chi connectivity index (χ0n) is 13.2. The number of hydrogen-bond donors (Lipinski definition) is 1. The topological polar surface area (TPSA) is 59.3 Å². The summed E-state index contributed by atoms with van der Waals surface area (Å²) in [5.41, 5.74) is 4.15. The number of fused-ring (bicyclic) bond motifs is 1. The highest BCUT2D eigenvalue weighted by molar-refractivity contribution is 7.11. The van der Waals surface area contributed by atoms with E-state index in [0.29, 0.717) is 16.9 Å². The van der Waals surface area contributed by atoms with Crippen molar-refractivity contribution < 1.29 is 0 Å². The molecule has 1 N–H and O–H groups in total. The Morgan fingerprint density at radius 2 is 1.80 bits per heavy atom. The number of thiophene rings is 1. The van der Waals surface area contributed by atoms with E-state index < -0.39 is 0 Å². The Labute approximate surface area is 147 Å². The highest BCUT2D eigenvalue weighted by Crippen LogP contribution is 2.16. The number of para-hydroxylation sites is 2. The van der Waals surface area contributed by atoms with Gasteiger partial charge in [0.15, 0.2) is 0 Å². The minimum absolute atomic E-state index is 0.134. The fourth-order valence-corrected chi connectivity index (χ4v) is 3.13. The van der Waals surface area contributed by atoms with Crippen LogP contribution in [0.4, 0.5) is 5.95 Å². The maximum Gasteiger partial charge on any atom is 0.267 e. The van der Waals surface area contributed by atoms with Crippen molar-refractivity contribution in [3.05, 3.63) is 87.3 Å². The molecule has 0 atom stereocenters. The van der Waals surface area contributed by atoms with Crippen molar-refractivity contribution in [2.75, 3.05) is 5.43 Å². The van der Waals surface area contributed by atoms with E-state index >= 15 is 0 Å². The van der Waals surface area contributed by atoms with Gasteiger partial charge in [0.05, 0.1) is 22.8 Å². The van der Waals surface area contributed by atoms with Crippen LogP contribution < -0.4 is 11.0 Å². The number of aromatic nitrogens is 2. The van der Waals surface area contributed by atoms with Crippen molar-refractivity contribution in [1.82, 2.24) is 9.55 Å². The lowest BCUT2D eigenvalue weighted by molar-refractivity contribution is 0.957. The first kappa shape index (κ1) is 15.3. The molecular weight excluding hydrogens is 332 g/mol. The SMILES string of the molecule is O=c1c2ccccc2nc(N/N=C\c2cccs2)n1-c1ccccc1. The molecule has 2 aromatic carbocycles. The highest BCUT2D eigenvalue weighted by Gasteiger charge is 2.11. The fraction of sp³-hybridized carbons (Fsp3) is 0. The summed E-state index contributed by atoms with van der Waals surface area (Å²) in [7, 11) is 0. The van der Waals surface area contributed by atoms with Gasteiger partial charge in [0.25, 0.3) is 5.56 Å². The molecule has 25 heavy (non-hydrogen) atoms. The van der Waals surface area contributed by atoms with Crippen LogP contribution in [0.2, 0.25) is 0 Å². The molecule has 2 aromatic heterocycles. The maximum atomic E-state index is 13.0. The van der Waals surface area contributed by atoms with Crippen LogP contribution in [0.15, 0.2) is 82.0 Å². The zero-order valence-corrected chi connectivity index (χ0v) is 14.0. The average Bonchev–Trinajstić information content (AvgIpc) is 3.16. The van der Waals surface area contributed by atoms with Crippen LogP contribution in [0.1, 0.15) is 4.88 Å². The molecule has 0 saturated carbocycles. The molecule has 2 heterocycles. The molecule has 0 bridgehead atoms. The van der Waals surface area contributed by atoms with E-state index in [-0.39, 0.29) is 5.56 Å². The Hall–Kier alpha value is -3.25. The third-order valence-electron chi connectivity index (χ3n) is 3.69. The van der Waals surface area contributed by atoms with Gasteiger partial charge in [-0.1, -0.05) is 36.4 Å². The highest BCUT2D eigenvalue weighted by atomic mass is 32.1. The Morgan fingerprint density at radius 1 is 1.00 bits per heavy atom. The molecule has 0 aliphatic carbocycles. The van der Waals surface area contributed by atoms with Gasteiger partial charge in [0, 0.05) is 4.88 Å². The first-order valence-electron chi connectivity index (χ1n) is 7.73. The predicted molar refractivity (Wildman–Crippen MR) is 103 cm³/mol. The minimum Gasteiger partial charge on any atom is -0.268 e. The first-order chi connectivity index (χ1) is 12.3. The number of nitrogens with one attached hydrogen (secondary N) is 1. The Morgan fingerprint density at radius 3 is 2.60 bits per heavy atom. The summed E-state index contributed by atoms with van der Waals surface area (Å²) in [5.74, 6) is 0.378. The standard InChI is InChI=1S/C19H14N4OS/c24-18-16-10-4-5-11-17(16)21-19(22-20-13-15-9-6-12-25-15)23(18)14-7-2-1-3-8-14/h1-13H,(H,21,22)/b20-13-. The van der Waals surface area contributed by atoms with Gasteiger partial charge >= 0.3 is 0 Å². The van der Waals surface area contributed by atoms with E-state index in [0.717, 1.165) is 10.6 Å². The number of anilines is 1. The molecule has 4 rings (SSSR count). The molecule has 4 aromatic rings. The van der Waals surface area contributed by atoms with Crippen LogP contribution in [-0.2, 0) is 0 Å². The Balaban J connectivity index is 1.85. The lowest BCUT2D eigenvalue weighted by Gasteiger charge is -2.12. The molecule has 0 radical (unpaired) electrons. The zero-order chi connectivity index (χ0) is 17.1. The summed E-state index contributed by atoms with van der Waals surface area (Å²) in [6.45, 7) is 0. The van der Waals surface area contributed by atoms with E-state index in [1.54, 1.807) is 23.6 Å². The summed E-state index contributed by atoms with van der Waals surface area (Å²) < 4.78 is 1.54. The Kier molecular flexibility index (Phi) is 4.10. The van der Waals surface area contributed by atoms with E-state index in [1.807, 2.05) is 66.0 Å². The third-order valence-corrected chi connectivity index (χ3v) is 4.50. The second-order valence-corrected chi connectivity index (χ2v) is 6.29. The molecule has 0 aliphatic heterocycles. The smallest absolute Gasteiger partial charge is 0.267 e. The van der Waals surface area contributed by atoms with Gasteiger partial charge in [-0.3, -0.25) is 4.79 Å². The molecule has 0 unspecified atom stereocenters. The number of benzene rings is 2. The lowest BCUT2D eigenvalue weighted by atomic mass is 10.2. The molecule has 0 aliphatic rings. The van der Waals surface area contributed by atoms with Crippen LogP contribution in [0.3, 0.4) is 0 Å². The van der Waals surface area contributed by atoms with Gasteiger partial charge in [-0.2, -0.15) is 5.10 Å². The average molecular weight is 346 g/mol. The van der Waals surface area contributed by atoms with E-state index in [1.165, 1.54) is 4.57 Å². The van der Waals surface area contributed by atoms with Gasteiger partial charge in [-0.15, -0.1) is 11.3 Å². The molecule has 6 heteroatoms. The summed E-state index contributed by atoms with van der Waals surface area (Å²) in [5, 5.41) is 6.78. The monoisotopic (exact) mass is 346 g/mol. The van der Waals surface area contributed by atoms with Crippen LogP contribution >= 0.6 is 11.3 Å². The van der Waals surface area contributed by atoms with Crippen LogP contribution in [0.25, 0.3) is 16.6 Å². The van der Waals surface area contributed by atoms with E-state index in [9.17, 15) is 4.79 Å². The molecule has 0 saturated heterocycles. The molecular formula is C19H14N4OS. The Bertz CT molecular complexity index is 1090. The van der Waals surface area contributed by atoms with Gasteiger partial charge < -0.3 is 0 Å². The second kappa shape index (κ2) is 6.70. The molecule has 0 amide bonds. The van der Waals surface area contributed by atoms with E-state index in [2.05, 4.69) is 15.5 Å². The lowest BCUT2D eigenvalue weighted by Crippen LogP contribution is -2.22. The van der Waals surface area contributed by atoms with Crippen molar-refractivity contribution in [3.63, 3.8) is 0 Å². The first-order valence-corrected chi connectivity index (χ1v) is 8.61. The van der Waals surface area contributed by atoms with Crippen molar-refractivity contribution in [3.8, 4) is 5.69 Å². The summed E-state index contributed by atoms with van der Waals surface area (Å²) >= 11 is 1.59. The third kappa shape index (κ3) is 3.07. The fourth-order valence-electron chi connectivity index (χ4n) is 2.54. The minimum atomic E-state index is -0.134.